The zero-order valence-electron chi connectivity index (χ0n) is 19.7. The van der Waals surface area contributed by atoms with Gasteiger partial charge in [0.1, 0.15) is 17.8 Å². The van der Waals surface area contributed by atoms with Crippen molar-refractivity contribution in [3.05, 3.63) is 48.1 Å². The lowest BCUT2D eigenvalue weighted by Gasteiger charge is -2.30. The van der Waals surface area contributed by atoms with Gasteiger partial charge >= 0.3 is 0 Å². The maximum absolute atomic E-state index is 13.7. The number of amides is 1. The van der Waals surface area contributed by atoms with Crippen molar-refractivity contribution in [1.29, 1.82) is 0 Å². The molecule has 34 heavy (non-hydrogen) atoms. The average molecular weight is 472 g/mol. The minimum atomic E-state index is -2.79. The number of alkyl halides is 2. The third-order valence-electron chi connectivity index (χ3n) is 6.54. The summed E-state index contributed by atoms with van der Waals surface area (Å²) in [4.78, 5) is 17.0. The molecule has 0 unspecified atom stereocenters. The highest BCUT2D eigenvalue weighted by Crippen LogP contribution is 2.37. The van der Waals surface area contributed by atoms with E-state index in [1.165, 1.54) is 12.5 Å². The Morgan fingerprint density at radius 1 is 1.24 bits per heavy atom. The van der Waals surface area contributed by atoms with Gasteiger partial charge in [0.2, 0.25) is 0 Å². The SMILES string of the molecule is CCNc1cc(-c2cc(C(=O)Nc3cn([C@H]4CC[C@@H](C(C)C)CC4)nc3C(F)F)co2)ccn1. The van der Waals surface area contributed by atoms with Gasteiger partial charge < -0.3 is 15.1 Å². The summed E-state index contributed by atoms with van der Waals surface area (Å²) >= 11 is 0. The van der Waals surface area contributed by atoms with Crippen LogP contribution in [0.5, 0.6) is 0 Å². The summed E-state index contributed by atoms with van der Waals surface area (Å²) in [6.07, 6.45) is 5.60. The Labute approximate surface area is 197 Å². The standard InChI is InChI=1S/C25H31F2N5O2/c1-4-28-22-12-17(9-10-29-22)21-11-18(14-34-21)25(33)30-20-13-32(31-23(20)24(26)27)19-7-5-16(6-8-19)15(2)3/h9-16,19,24H,4-8H2,1-3H3,(H,28,29)(H,30,33)/t16-,19+. The molecule has 3 heterocycles. The predicted octanol–water partition coefficient (Wildman–Crippen LogP) is 6.55. The number of carbonyl (C=O) groups is 1. The number of halogens is 2. The normalized spacial score (nSPS) is 18.4. The molecule has 1 saturated carbocycles. The topological polar surface area (TPSA) is 85.0 Å². The Morgan fingerprint density at radius 3 is 2.68 bits per heavy atom. The summed E-state index contributed by atoms with van der Waals surface area (Å²) < 4.78 is 34.6. The zero-order valence-corrected chi connectivity index (χ0v) is 19.7. The average Bonchev–Trinajstić information content (AvgIpc) is 3.48. The second-order valence-corrected chi connectivity index (χ2v) is 9.14. The second-order valence-electron chi connectivity index (χ2n) is 9.14. The van der Waals surface area contributed by atoms with Crippen molar-refractivity contribution in [2.24, 2.45) is 11.8 Å². The maximum Gasteiger partial charge on any atom is 0.284 e. The van der Waals surface area contributed by atoms with Gasteiger partial charge in [0.25, 0.3) is 12.3 Å². The fourth-order valence-corrected chi connectivity index (χ4v) is 4.55. The molecular weight excluding hydrogens is 440 g/mol. The smallest absolute Gasteiger partial charge is 0.284 e. The number of nitrogens with one attached hydrogen (secondary N) is 2. The van der Waals surface area contributed by atoms with Gasteiger partial charge in [-0.25, -0.2) is 13.8 Å². The van der Waals surface area contributed by atoms with Crippen molar-refractivity contribution in [3.8, 4) is 11.3 Å². The highest BCUT2D eigenvalue weighted by molar-refractivity contribution is 6.04. The van der Waals surface area contributed by atoms with Crippen molar-refractivity contribution in [3.63, 3.8) is 0 Å². The first-order chi connectivity index (χ1) is 16.4. The van der Waals surface area contributed by atoms with E-state index in [4.69, 9.17) is 4.42 Å². The van der Waals surface area contributed by atoms with Crippen LogP contribution in [-0.4, -0.2) is 27.2 Å². The third-order valence-corrected chi connectivity index (χ3v) is 6.54. The molecule has 0 bridgehead atoms. The minimum absolute atomic E-state index is 0.0343. The van der Waals surface area contributed by atoms with Crippen LogP contribution in [0.2, 0.25) is 0 Å². The van der Waals surface area contributed by atoms with E-state index < -0.39 is 18.0 Å². The van der Waals surface area contributed by atoms with E-state index in [9.17, 15) is 13.6 Å². The molecule has 1 aliphatic carbocycles. The van der Waals surface area contributed by atoms with Crippen molar-refractivity contribution < 1.29 is 18.0 Å². The maximum atomic E-state index is 13.7. The van der Waals surface area contributed by atoms with Gasteiger partial charge in [-0.05, 0) is 62.6 Å². The summed E-state index contributed by atoms with van der Waals surface area (Å²) in [5.41, 5.74) is 0.616. The first-order valence-electron chi connectivity index (χ1n) is 11.8. The van der Waals surface area contributed by atoms with E-state index in [-0.39, 0.29) is 17.3 Å². The van der Waals surface area contributed by atoms with Crippen LogP contribution in [-0.2, 0) is 0 Å². The first kappa shape index (κ1) is 23.9. The molecule has 0 spiro atoms. The van der Waals surface area contributed by atoms with Gasteiger partial charge in [0, 0.05) is 24.5 Å². The predicted molar refractivity (Wildman–Crippen MR) is 127 cm³/mol. The van der Waals surface area contributed by atoms with Crippen molar-refractivity contribution in [2.75, 3.05) is 17.2 Å². The molecule has 0 aromatic carbocycles. The lowest BCUT2D eigenvalue weighted by molar-refractivity contribution is 0.102. The monoisotopic (exact) mass is 471 g/mol. The molecule has 1 amide bonds. The van der Waals surface area contributed by atoms with Crippen LogP contribution >= 0.6 is 0 Å². The highest BCUT2D eigenvalue weighted by atomic mass is 19.3. The van der Waals surface area contributed by atoms with E-state index in [0.717, 1.165) is 37.8 Å². The molecule has 9 heteroatoms. The molecule has 3 aromatic rings. The third kappa shape index (κ3) is 5.29. The molecule has 0 aliphatic heterocycles. The number of hydrogen-bond donors (Lipinski definition) is 2. The number of aromatic nitrogens is 3. The molecule has 1 fully saturated rings. The van der Waals surface area contributed by atoms with E-state index in [2.05, 4.69) is 34.6 Å². The van der Waals surface area contributed by atoms with Gasteiger partial charge in [0.05, 0.1) is 17.3 Å². The van der Waals surface area contributed by atoms with Gasteiger partial charge in [-0.3, -0.25) is 9.48 Å². The number of furan rings is 1. The second kappa shape index (κ2) is 10.4. The summed E-state index contributed by atoms with van der Waals surface area (Å²) in [7, 11) is 0. The number of nitrogens with zero attached hydrogens (tertiary/aromatic N) is 3. The van der Waals surface area contributed by atoms with Crippen molar-refractivity contribution >= 4 is 17.4 Å². The Kier molecular flexibility index (Phi) is 7.29. The Hall–Kier alpha value is -3.23. The summed E-state index contributed by atoms with van der Waals surface area (Å²) in [6.45, 7) is 7.13. The molecule has 2 N–H and O–H groups in total. The number of rotatable bonds is 8. The largest absolute Gasteiger partial charge is 0.464 e. The molecule has 0 saturated heterocycles. The number of carbonyl (C=O) groups excluding carboxylic acids is 1. The van der Waals surface area contributed by atoms with E-state index in [0.29, 0.717) is 23.4 Å². The summed E-state index contributed by atoms with van der Waals surface area (Å²) in [6, 6.07) is 5.24. The van der Waals surface area contributed by atoms with Crippen LogP contribution in [0.15, 0.2) is 41.3 Å². The summed E-state index contributed by atoms with van der Waals surface area (Å²) in [5, 5.41) is 9.87. The Morgan fingerprint density at radius 2 is 2.00 bits per heavy atom. The van der Waals surface area contributed by atoms with E-state index in [1.807, 2.05) is 13.0 Å². The zero-order chi connectivity index (χ0) is 24.2. The van der Waals surface area contributed by atoms with E-state index >= 15 is 0 Å². The molecule has 0 atom stereocenters. The van der Waals surface area contributed by atoms with E-state index in [1.54, 1.807) is 23.0 Å². The first-order valence-corrected chi connectivity index (χ1v) is 11.8. The number of hydrogen-bond acceptors (Lipinski definition) is 5. The van der Waals surface area contributed by atoms with Crippen LogP contribution in [0.25, 0.3) is 11.3 Å². The molecule has 4 rings (SSSR count). The van der Waals surface area contributed by atoms with Crippen LogP contribution < -0.4 is 10.6 Å². The fraction of sp³-hybridized carbons (Fsp3) is 0.480. The van der Waals surface area contributed by atoms with Crippen LogP contribution in [0, 0.1) is 11.8 Å². The molecule has 3 aromatic heterocycles. The number of pyridine rings is 1. The molecule has 7 nitrogen and oxygen atoms in total. The lowest BCUT2D eigenvalue weighted by Crippen LogP contribution is -2.21. The Balaban J connectivity index is 1.48. The van der Waals surface area contributed by atoms with Crippen molar-refractivity contribution in [2.45, 2.75) is 58.9 Å². The highest BCUT2D eigenvalue weighted by Gasteiger charge is 2.28. The van der Waals surface area contributed by atoms with Crippen molar-refractivity contribution in [1.82, 2.24) is 14.8 Å². The van der Waals surface area contributed by atoms with Gasteiger partial charge in [-0.15, -0.1) is 0 Å². The fourth-order valence-electron chi connectivity index (χ4n) is 4.55. The Bertz CT molecular complexity index is 1120. The van der Waals surface area contributed by atoms with Crippen LogP contribution in [0.4, 0.5) is 20.3 Å². The quantitative estimate of drug-likeness (QED) is 0.389. The lowest BCUT2D eigenvalue weighted by atomic mass is 9.80. The minimum Gasteiger partial charge on any atom is -0.464 e. The van der Waals surface area contributed by atoms with Crippen LogP contribution in [0.3, 0.4) is 0 Å². The molecule has 182 valence electrons. The van der Waals surface area contributed by atoms with Crippen LogP contribution in [0.1, 0.15) is 75.0 Å². The van der Waals surface area contributed by atoms with Gasteiger partial charge in [0.15, 0.2) is 5.69 Å². The molecule has 1 aliphatic rings. The van der Waals surface area contributed by atoms with Gasteiger partial charge in [-0.1, -0.05) is 13.8 Å². The molecular formula is C25H31F2N5O2. The summed E-state index contributed by atoms with van der Waals surface area (Å²) in [5.74, 6) is 1.93. The molecule has 0 radical (unpaired) electrons. The number of anilines is 2. The van der Waals surface area contributed by atoms with Gasteiger partial charge in [-0.2, -0.15) is 5.10 Å².